The van der Waals surface area contributed by atoms with Crippen molar-refractivity contribution in [3.8, 4) is 5.75 Å². The SMILES string of the molecule is COC(=O)C1Cc2c(cccc2OCc2ccccc2)CN1C(=O)C(OC1CC(F)(F)C1)c1ccccc1. The van der Waals surface area contributed by atoms with Crippen molar-refractivity contribution in [1.82, 2.24) is 4.90 Å². The van der Waals surface area contributed by atoms with Gasteiger partial charge in [0, 0.05) is 31.4 Å². The zero-order chi connectivity index (χ0) is 26.7. The van der Waals surface area contributed by atoms with Gasteiger partial charge in [-0.1, -0.05) is 72.8 Å². The fourth-order valence-electron chi connectivity index (χ4n) is 4.99. The van der Waals surface area contributed by atoms with E-state index in [1.54, 1.807) is 30.3 Å². The lowest BCUT2D eigenvalue weighted by Crippen LogP contribution is -2.52. The summed E-state index contributed by atoms with van der Waals surface area (Å²) in [6.45, 7) is 0.489. The van der Waals surface area contributed by atoms with Gasteiger partial charge < -0.3 is 19.1 Å². The molecule has 0 saturated heterocycles. The molecule has 3 aromatic carbocycles. The van der Waals surface area contributed by atoms with Gasteiger partial charge in [-0.3, -0.25) is 4.79 Å². The zero-order valence-electron chi connectivity index (χ0n) is 21.0. The van der Waals surface area contributed by atoms with E-state index in [4.69, 9.17) is 14.2 Å². The molecule has 2 unspecified atom stereocenters. The summed E-state index contributed by atoms with van der Waals surface area (Å²) in [6, 6.07) is 23.2. The minimum atomic E-state index is -2.79. The van der Waals surface area contributed by atoms with Crippen molar-refractivity contribution < 1.29 is 32.6 Å². The molecule has 2 aliphatic rings. The first-order valence-electron chi connectivity index (χ1n) is 12.6. The molecule has 8 heteroatoms. The van der Waals surface area contributed by atoms with Crippen LogP contribution in [0.4, 0.5) is 8.78 Å². The van der Waals surface area contributed by atoms with Crippen LogP contribution in [-0.4, -0.2) is 42.0 Å². The molecule has 198 valence electrons. The number of rotatable bonds is 8. The van der Waals surface area contributed by atoms with Crippen LogP contribution >= 0.6 is 0 Å². The van der Waals surface area contributed by atoms with E-state index in [1.807, 2.05) is 48.5 Å². The lowest BCUT2D eigenvalue weighted by atomic mass is 9.90. The number of hydrogen-bond donors (Lipinski definition) is 0. The minimum absolute atomic E-state index is 0.129. The molecule has 1 aliphatic carbocycles. The average Bonchev–Trinajstić information content (AvgIpc) is 2.93. The smallest absolute Gasteiger partial charge is 0.328 e. The predicted octanol–water partition coefficient (Wildman–Crippen LogP) is 5.25. The number of benzene rings is 3. The maximum atomic E-state index is 13.9. The second-order valence-electron chi connectivity index (χ2n) is 9.69. The predicted molar refractivity (Wildman–Crippen MR) is 136 cm³/mol. The molecule has 6 nitrogen and oxygen atoms in total. The third-order valence-corrected chi connectivity index (χ3v) is 7.05. The van der Waals surface area contributed by atoms with Gasteiger partial charge >= 0.3 is 5.97 Å². The summed E-state index contributed by atoms with van der Waals surface area (Å²) >= 11 is 0. The first kappa shape index (κ1) is 25.9. The summed E-state index contributed by atoms with van der Waals surface area (Å²) in [5.41, 5.74) is 3.22. The number of halogens is 2. The number of carbonyl (C=O) groups excluding carboxylic acids is 2. The Labute approximate surface area is 220 Å². The molecule has 0 bridgehead atoms. The van der Waals surface area contributed by atoms with Gasteiger partial charge in [0.05, 0.1) is 13.2 Å². The summed E-state index contributed by atoms with van der Waals surface area (Å²) in [7, 11) is 1.28. The van der Waals surface area contributed by atoms with Crippen LogP contribution in [0.2, 0.25) is 0 Å². The Morgan fingerprint density at radius 2 is 1.66 bits per heavy atom. The van der Waals surface area contributed by atoms with Crippen LogP contribution in [0.1, 0.15) is 41.2 Å². The number of ether oxygens (including phenoxy) is 3. The molecule has 0 N–H and O–H groups in total. The fourth-order valence-corrected chi connectivity index (χ4v) is 4.99. The van der Waals surface area contributed by atoms with Gasteiger partial charge in [0.25, 0.3) is 11.8 Å². The molecule has 5 rings (SSSR count). The van der Waals surface area contributed by atoms with Gasteiger partial charge in [0.1, 0.15) is 18.4 Å². The van der Waals surface area contributed by atoms with Gasteiger partial charge in [-0.05, 0) is 22.8 Å². The quantitative estimate of drug-likeness (QED) is 0.379. The standard InChI is InChI=1S/C30H29F2NO5/c1-36-29(35)25-15-24-22(13-8-14-26(24)37-19-20-9-4-2-5-10-20)18-33(25)28(34)27(21-11-6-3-7-12-21)38-23-16-30(31,32)17-23/h2-14,23,25,27H,15-19H2,1H3. The Hall–Kier alpha value is -3.78. The number of esters is 1. The number of methoxy groups -OCH3 is 1. The van der Waals surface area contributed by atoms with Crippen molar-refractivity contribution in [3.05, 3.63) is 101 Å². The van der Waals surface area contributed by atoms with Crippen molar-refractivity contribution in [2.45, 2.75) is 56.6 Å². The third kappa shape index (κ3) is 5.55. The summed E-state index contributed by atoms with van der Waals surface area (Å²) in [4.78, 5) is 28.3. The van der Waals surface area contributed by atoms with Gasteiger partial charge in [0.15, 0.2) is 6.10 Å². The molecule has 1 heterocycles. The fraction of sp³-hybridized carbons (Fsp3) is 0.333. The molecule has 1 fully saturated rings. The molecule has 3 aromatic rings. The molecule has 0 spiro atoms. The molecule has 1 amide bonds. The molecule has 0 radical (unpaired) electrons. The van der Waals surface area contributed by atoms with E-state index in [2.05, 4.69) is 0 Å². The molecular formula is C30H29F2NO5. The van der Waals surface area contributed by atoms with Gasteiger partial charge in [0.2, 0.25) is 0 Å². The van der Waals surface area contributed by atoms with Crippen LogP contribution < -0.4 is 4.74 Å². The minimum Gasteiger partial charge on any atom is -0.489 e. The summed E-state index contributed by atoms with van der Waals surface area (Å²) < 4.78 is 44.2. The van der Waals surface area contributed by atoms with Crippen LogP contribution in [0.3, 0.4) is 0 Å². The average molecular weight is 522 g/mol. The number of amides is 1. The first-order chi connectivity index (χ1) is 18.3. The van der Waals surface area contributed by atoms with Crippen LogP contribution in [-0.2, 0) is 38.6 Å². The topological polar surface area (TPSA) is 65.1 Å². The number of alkyl halides is 2. The van der Waals surface area contributed by atoms with Crippen LogP contribution in [0.15, 0.2) is 78.9 Å². The van der Waals surface area contributed by atoms with Crippen LogP contribution in [0, 0.1) is 0 Å². The van der Waals surface area contributed by atoms with E-state index in [1.165, 1.54) is 12.0 Å². The molecular weight excluding hydrogens is 492 g/mol. The molecule has 0 aromatic heterocycles. The summed E-state index contributed by atoms with van der Waals surface area (Å²) in [5, 5.41) is 0. The number of fused-ring (bicyclic) bond motifs is 1. The van der Waals surface area contributed by atoms with E-state index >= 15 is 0 Å². The number of hydrogen-bond acceptors (Lipinski definition) is 5. The lowest BCUT2D eigenvalue weighted by molar-refractivity contribution is -0.194. The highest BCUT2D eigenvalue weighted by atomic mass is 19.3. The Bertz CT molecular complexity index is 1280. The number of carbonyl (C=O) groups is 2. The van der Waals surface area contributed by atoms with Crippen molar-refractivity contribution in [3.63, 3.8) is 0 Å². The second-order valence-corrected chi connectivity index (χ2v) is 9.69. The van der Waals surface area contributed by atoms with E-state index in [0.717, 1.165) is 16.7 Å². The molecule has 38 heavy (non-hydrogen) atoms. The highest BCUT2D eigenvalue weighted by Crippen LogP contribution is 2.42. The zero-order valence-corrected chi connectivity index (χ0v) is 21.0. The Morgan fingerprint density at radius 3 is 2.32 bits per heavy atom. The van der Waals surface area contributed by atoms with Gasteiger partial charge in [-0.25, -0.2) is 13.6 Å². The van der Waals surface area contributed by atoms with E-state index in [-0.39, 0.29) is 13.0 Å². The van der Waals surface area contributed by atoms with Crippen LogP contribution in [0.5, 0.6) is 5.75 Å². The van der Waals surface area contributed by atoms with Crippen molar-refractivity contribution in [1.29, 1.82) is 0 Å². The lowest BCUT2D eigenvalue weighted by Gasteiger charge is -2.40. The summed E-state index contributed by atoms with van der Waals surface area (Å²) in [6.07, 6.45) is -2.54. The molecule has 2 atom stereocenters. The Kier molecular flexibility index (Phi) is 7.42. The third-order valence-electron chi connectivity index (χ3n) is 7.05. The van der Waals surface area contributed by atoms with E-state index in [0.29, 0.717) is 17.9 Å². The number of nitrogens with zero attached hydrogens (tertiary/aromatic N) is 1. The van der Waals surface area contributed by atoms with Crippen molar-refractivity contribution in [2.24, 2.45) is 0 Å². The highest BCUT2D eigenvalue weighted by molar-refractivity contribution is 5.88. The van der Waals surface area contributed by atoms with E-state index < -0.39 is 48.9 Å². The normalized spacial score (nSPS) is 19.1. The Balaban J connectivity index is 1.42. The van der Waals surface area contributed by atoms with E-state index in [9.17, 15) is 18.4 Å². The van der Waals surface area contributed by atoms with Crippen molar-refractivity contribution >= 4 is 11.9 Å². The molecule has 1 aliphatic heterocycles. The highest BCUT2D eigenvalue weighted by Gasteiger charge is 2.49. The maximum Gasteiger partial charge on any atom is 0.328 e. The second kappa shape index (κ2) is 10.9. The molecule has 1 saturated carbocycles. The Morgan fingerprint density at radius 1 is 0.974 bits per heavy atom. The van der Waals surface area contributed by atoms with Gasteiger partial charge in [-0.15, -0.1) is 0 Å². The van der Waals surface area contributed by atoms with Crippen LogP contribution in [0.25, 0.3) is 0 Å². The largest absolute Gasteiger partial charge is 0.489 e. The monoisotopic (exact) mass is 521 g/mol. The van der Waals surface area contributed by atoms with Gasteiger partial charge in [-0.2, -0.15) is 0 Å². The first-order valence-corrected chi connectivity index (χ1v) is 12.6. The maximum absolute atomic E-state index is 13.9. The van der Waals surface area contributed by atoms with Crippen molar-refractivity contribution in [2.75, 3.05) is 7.11 Å². The summed E-state index contributed by atoms with van der Waals surface area (Å²) in [5.74, 6) is -3.18.